The number of benzene rings is 2. The Bertz CT molecular complexity index is 1170. The number of amides is 1. The molecule has 3 aromatic rings. The fourth-order valence-corrected chi connectivity index (χ4v) is 5.63. The number of aryl methyl sites for hydroxylation is 2. The van der Waals surface area contributed by atoms with Crippen molar-refractivity contribution in [1.82, 2.24) is 4.90 Å². The van der Waals surface area contributed by atoms with Crippen LogP contribution in [0.5, 0.6) is 0 Å². The van der Waals surface area contributed by atoms with Crippen molar-refractivity contribution in [2.75, 3.05) is 11.3 Å². The predicted octanol–water partition coefficient (Wildman–Crippen LogP) is 4.36. The van der Waals surface area contributed by atoms with E-state index in [-0.39, 0.29) is 10.8 Å². The number of anilines is 1. The van der Waals surface area contributed by atoms with Crippen LogP contribution in [0.4, 0.5) is 5.69 Å². The van der Waals surface area contributed by atoms with E-state index in [0.717, 1.165) is 28.0 Å². The summed E-state index contributed by atoms with van der Waals surface area (Å²) < 4.78 is 28.5. The molecule has 4 rings (SSSR count). The molecule has 150 valence electrons. The van der Waals surface area contributed by atoms with Crippen LogP contribution in [0.2, 0.25) is 0 Å². The Morgan fingerprint density at radius 1 is 1.07 bits per heavy atom. The Morgan fingerprint density at radius 3 is 2.66 bits per heavy atom. The smallest absolute Gasteiger partial charge is 0.264 e. The van der Waals surface area contributed by atoms with Crippen molar-refractivity contribution in [2.45, 2.75) is 31.7 Å². The van der Waals surface area contributed by atoms with Gasteiger partial charge in [0.15, 0.2) is 0 Å². The van der Waals surface area contributed by atoms with Crippen molar-refractivity contribution < 1.29 is 13.2 Å². The third-order valence-corrected chi connectivity index (χ3v) is 7.50. The number of nitrogens with zero attached hydrogens (tertiary/aromatic N) is 1. The van der Waals surface area contributed by atoms with E-state index in [4.69, 9.17) is 0 Å². The van der Waals surface area contributed by atoms with Crippen LogP contribution in [-0.4, -0.2) is 25.8 Å². The summed E-state index contributed by atoms with van der Waals surface area (Å²) in [5.41, 5.74) is 4.23. The van der Waals surface area contributed by atoms with Gasteiger partial charge in [-0.2, -0.15) is 0 Å². The number of sulfonamides is 1. The zero-order chi connectivity index (χ0) is 20.6. The molecule has 0 spiro atoms. The van der Waals surface area contributed by atoms with Crippen molar-refractivity contribution in [3.05, 3.63) is 81.0 Å². The standard InChI is InChI=1S/C22H22N2O3S2/c1-15-5-6-16(2)21(12-15)29(26,27)23-19-8-7-17-9-10-24(14-18(17)13-19)22(25)20-4-3-11-28-20/h3-8,11-13,23H,9-10,14H2,1-2H3. The quantitative estimate of drug-likeness (QED) is 0.674. The van der Waals surface area contributed by atoms with Gasteiger partial charge in [0.2, 0.25) is 0 Å². The van der Waals surface area contributed by atoms with Crippen LogP contribution in [0.1, 0.15) is 31.9 Å². The molecule has 5 nitrogen and oxygen atoms in total. The maximum absolute atomic E-state index is 12.9. The molecule has 2 heterocycles. The molecule has 1 amide bonds. The average molecular weight is 427 g/mol. The Morgan fingerprint density at radius 2 is 1.90 bits per heavy atom. The molecule has 1 aliphatic heterocycles. The second-order valence-electron chi connectivity index (χ2n) is 7.31. The van der Waals surface area contributed by atoms with Crippen LogP contribution in [0.3, 0.4) is 0 Å². The van der Waals surface area contributed by atoms with Crippen LogP contribution in [0, 0.1) is 13.8 Å². The van der Waals surface area contributed by atoms with Crippen LogP contribution < -0.4 is 4.72 Å². The van der Waals surface area contributed by atoms with Gasteiger partial charge in [0.25, 0.3) is 15.9 Å². The van der Waals surface area contributed by atoms with Gasteiger partial charge in [-0.1, -0.05) is 24.3 Å². The summed E-state index contributed by atoms with van der Waals surface area (Å²) in [5, 5.41) is 1.89. The van der Waals surface area contributed by atoms with Crippen molar-refractivity contribution >= 4 is 33.0 Å². The van der Waals surface area contributed by atoms with Crippen molar-refractivity contribution in [3.8, 4) is 0 Å². The number of carbonyl (C=O) groups is 1. The van der Waals surface area contributed by atoms with Crippen molar-refractivity contribution in [1.29, 1.82) is 0 Å². The molecule has 0 saturated carbocycles. The van der Waals surface area contributed by atoms with Gasteiger partial charge in [-0.05, 0) is 72.2 Å². The van der Waals surface area contributed by atoms with Crippen LogP contribution in [0.25, 0.3) is 0 Å². The molecular formula is C22H22N2O3S2. The lowest BCUT2D eigenvalue weighted by Crippen LogP contribution is -2.35. The van der Waals surface area contributed by atoms with E-state index in [1.54, 1.807) is 19.1 Å². The molecule has 7 heteroatoms. The minimum Gasteiger partial charge on any atom is -0.333 e. The van der Waals surface area contributed by atoms with Gasteiger partial charge in [0.05, 0.1) is 9.77 Å². The summed E-state index contributed by atoms with van der Waals surface area (Å²) in [6, 6.07) is 14.7. The minimum absolute atomic E-state index is 0.0204. The normalized spacial score (nSPS) is 13.8. The van der Waals surface area contributed by atoms with Gasteiger partial charge < -0.3 is 4.90 Å². The summed E-state index contributed by atoms with van der Waals surface area (Å²) in [5.74, 6) is 0.0204. The third-order valence-electron chi connectivity index (χ3n) is 5.12. The van der Waals surface area contributed by atoms with Crippen molar-refractivity contribution in [3.63, 3.8) is 0 Å². The molecule has 1 aliphatic rings. The monoisotopic (exact) mass is 426 g/mol. The zero-order valence-electron chi connectivity index (χ0n) is 16.3. The first-order valence-electron chi connectivity index (χ1n) is 9.38. The molecule has 0 bridgehead atoms. The fraction of sp³-hybridized carbons (Fsp3) is 0.227. The van der Waals surface area contributed by atoms with Gasteiger partial charge in [-0.25, -0.2) is 8.42 Å². The number of fused-ring (bicyclic) bond motifs is 1. The highest BCUT2D eigenvalue weighted by Crippen LogP contribution is 2.27. The first-order chi connectivity index (χ1) is 13.8. The Kier molecular flexibility index (Phi) is 5.19. The summed E-state index contributed by atoms with van der Waals surface area (Å²) >= 11 is 1.43. The Balaban J connectivity index is 1.58. The van der Waals surface area contributed by atoms with Gasteiger partial charge in [0.1, 0.15) is 0 Å². The topological polar surface area (TPSA) is 66.5 Å². The molecule has 29 heavy (non-hydrogen) atoms. The number of thiophene rings is 1. The fourth-order valence-electron chi connectivity index (χ4n) is 3.56. The predicted molar refractivity (Wildman–Crippen MR) is 116 cm³/mol. The van der Waals surface area contributed by atoms with E-state index in [9.17, 15) is 13.2 Å². The van der Waals surface area contributed by atoms with Gasteiger partial charge in [-0.15, -0.1) is 11.3 Å². The van der Waals surface area contributed by atoms with E-state index in [1.165, 1.54) is 11.3 Å². The van der Waals surface area contributed by atoms with Gasteiger partial charge in [-0.3, -0.25) is 9.52 Å². The van der Waals surface area contributed by atoms with E-state index in [0.29, 0.717) is 24.3 Å². The first kappa shape index (κ1) is 19.7. The van der Waals surface area contributed by atoms with Crippen molar-refractivity contribution in [2.24, 2.45) is 0 Å². The molecular weight excluding hydrogens is 404 g/mol. The highest BCUT2D eigenvalue weighted by molar-refractivity contribution is 7.92. The lowest BCUT2D eigenvalue weighted by Gasteiger charge is -2.29. The lowest BCUT2D eigenvalue weighted by molar-refractivity contribution is 0.0739. The lowest BCUT2D eigenvalue weighted by atomic mass is 9.99. The highest BCUT2D eigenvalue weighted by Gasteiger charge is 2.23. The van der Waals surface area contributed by atoms with E-state index >= 15 is 0 Å². The van der Waals surface area contributed by atoms with Crippen LogP contribution in [-0.2, 0) is 23.0 Å². The second-order valence-corrected chi connectivity index (χ2v) is 9.91. The molecule has 0 saturated heterocycles. The Labute approximate surface area is 175 Å². The summed E-state index contributed by atoms with van der Waals surface area (Å²) in [7, 11) is -3.69. The first-order valence-corrected chi connectivity index (χ1v) is 11.7. The van der Waals surface area contributed by atoms with Gasteiger partial charge in [0, 0.05) is 18.8 Å². The maximum atomic E-state index is 12.9. The Hall–Kier alpha value is -2.64. The molecule has 1 aromatic heterocycles. The van der Waals surface area contributed by atoms with Crippen LogP contribution in [0.15, 0.2) is 58.8 Å². The molecule has 2 aromatic carbocycles. The van der Waals surface area contributed by atoms with E-state index in [2.05, 4.69) is 4.72 Å². The minimum atomic E-state index is -3.69. The summed E-state index contributed by atoms with van der Waals surface area (Å²) in [4.78, 5) is 15.5. The number of hydrogen-bond donors (Lipinski definition) is 1. The van der Waals surface area contributed by atoms with Crippen LogP contribution >= 0.6 is 11.3 Å². The molecule has 0 unspecified atom stereocenters. The van der Waals surface area contributed by atoms with E-state index < -0.39 is 10.0 Å². The zero-order valence-corrected chi connectivity index (χ0v) is 17.9. The molecule has 1 N–H and O–H groups in total. The SMILES string of the molecule is Cc1ccc(C)c(S(=O)(=O)Nc2ccc3c(c2)CN(C(=O)c2cccs2)CC3)c1. The third kappa shape index (κ3) is 4.06. The largest absolute Gasteiger partial charge is 0.333 e. The average Bonchev–Trinajstić information content (AvgIpc) is 3.23. The molecule has 0 radical (unpaired) electrons. The maximum Gasteiger partial charge on any atom is 0.264 e. The molecule has 0 fully saturated rings. The summed E-state index contributed by atoms with van der Waals surface area (Å²) in [6.07, 6.45) is 0.760. The highest BCUT2D eigenvalue weighted by atomic mass is 32.2. The second kappa shape index (κ2) is 7.65. The summed E-state index contributed by atoms with van der Waals surface area (Å²) in [6.45, 7) is 4.80. The molecule has 0 aliphatic carbocycles. The number of nitrogens with one attached hydrogen (secondary N) is 1. The molecule has 0 atom stereocenters. The number of carbonyl (C=O) groups excluding carboxylic acids is 1. The van der Waals surface area contributed by atoms with Gasteiger partial charge >= 0.3 is 0 Å². The number of rotatable bonds is 4. The number of hydrogen-bond acceptors (Lipinski definition) is 4. The van der Waals surface area contributed by atoms with E-state index in [1.807, 2.05) is 53.6 Å².